The number of rotatable bonds is 8. The molecule has 0 atom stereocenters. The Hall–Kier alpha value is -2.89. The van der Waals surface area contributed by atoms with Gasteiger partial charge in [0.1, 0.15) is 16.9 Å². The molecule has 12 heteroatoms. The maximum atomic E-state index is 14.6. The minimum atomic E-state index is -2.87. The Morgan fingerprint density at radius 2 is 1.84 bits per heavy atom. The van der Waals surface area contributed by atoms with Crippen molar-refractivity contribution in [3.05, 3.63) is 40.3 Å². The highest BCUT2D eigenvalue weighted by atomic mass is 32.2. The fraction of sp³-hybridized carbons (Fsp3) is 0.400. The molecule has 32 heavy (non-hydrogen) atoms. The average Bonchev–Trinajstić information content (AvgIpc) is 2.70. The third kappa shape index (κ3) is 5.12. The molecule has 0 aliphatic carbocycles. The lowest BCUT2D eigenvalue weighted by Crippen LogP contribution is -2.26. The van der Waals surface area contributed by atoms with Gasteiger partial charge in [-0.2, -0.15) is 4.98 Å². The van der Waals surface area contributed by atoms with Crippen LogP contribution in [0.15, 0.2) is 23.1 Å². The van der Waals surface area contributed by atoms with E-state index >= 15 is 0 Å². The first kappa shape index (κ1) is 23.8. The van der Waals surface area contributed by atoms with Gasteiger partial charge in [-0.15, -0.1) is 0 Å². The second-order valence-electron chi connectivity index (χ2n) is 7.47. The summed E-state index contributed by atoms with van der Waals surface area (Å²) in [4.78, 5) is 25.7. The number of aromatic nitrogens is 4. The number of fused-ring (bicyclic) bond motifs is 1. The average molecular weight is 470 g/mol. The van der Waals surface area contributed by atoms with E-state index in [0.717, 1.165) is 31.0 Å². The predicted octanol–water partition coefficient (Wildman–Crippen LogP) is 4.86. The van der Waals surface area contributed by atoms with Gasteiger partial charge >= 0.3 is 0 Å². The number of anilines is 2. The van der Waals surface area contributed by atoms with Gasteiger partial charge in [-0.3, -0.25) is 9.36 Å². The van der Waals surface area contributed by atoms with Crippen molar-refractivity contribution in [1.29, 1.82) is 0 Å². The lowest BCUT2D eigenvalue weighted by atomic mass is 10.1. The van der Waals surface area contributed by atoms with E-state index in [1.165, 1.54) is 10.8 Å². The fourth-order valence-corrected chi connectivity index (χ4v) is 3.85. The third-order valence-electron chi connectivity index (χ3n) is 4.50. The van der Waals surface area contributed by atoms with Gasteiger partial charge in [-0.25, -0.2) is 27.5 Å². The topological polar surface area (TPSA) is 84.7 Å². The summed E-state index contributed by atoms with van der Waals surface area (Å²) in [5.74, 6) is -4.58. The van der Waals surface area contributed by atoms with Crippen LogP contribution in [0.2, 0.25) is 0 Å². The van der Waals surface area contributed by atoms with Gasteiger partial charge in [0.15, 0.2) is 17.3 Å². The Bertz CT molecular complexity index is 1170. The maximum absolute atomic E-state index is 14.6. The molecule has 7 nitrogen and oxygen atoms in total. The second kappa shape index (κ2) is 9.31. The summed E-state index contributed by atoms with van der Waals surface area (Å²) < 4.78 is 58.8. The van der Waals surface area contributed by atoms with Gasteiger partial charge in [-0.1, -0.05) is 11.9 Å². The Kier molecular flexibility index (Phi) is 6.91. The molecule has 0 radical (unpaired) electrons. The standard InChI is InChI=1S/C20H22F4N6OS/c1-10(2)30-17-14(9-26-19(25-4)28-17)27-15(18(30)31)11-7-12(21)16(13(22)8-11)29-32-6-5-20(3,23)24/h7-10,29H,5-6H2,1-4H3,(H,25,26,28). The van der Waals surface area contributed by atoms with Crippen LogP contribution in [0.25, 0.3) is 22.4 Å². The van der Waals surface area contributed by atoms with Gasteiger partial charge in [-0.05, 0) is 32.9 Å². The highest BCUT2D eigenvalue weighted by Gasteiger charge is 2.22. The molecule has 0 aliphatic rings. The van der Waals surface area contributed by atoms with Crippen LogP contribution in [0.1, 0.15) is 33.2 Å². The molecular formula is C20H22F4N6OS. The van der Waals surface area contributed by atoms with E-state index in [-0.39, 0.29) is 34.2 Å². The van der Waals surface area contributed by atoms with Gasteiger partial charge in [0.05, 0.1) is 6.20 Å². The van der Waals surface area contributed by atoms with E-state index in [1.807, 2.05) is 0 Å². The molecule has 2 aromatic heterocycles. The Labute approximate surface area is 185 Å². The summed E-state index contributed by atoms with van der Waals surface area (Å²) in [5.41, 5.74) is -0.690. The molecule has 0 aliphatic heterocycles. The molecule has 3 aromatic rings. The SMILES string of the molecule is CNc1ncc2nc(-c3cc(F)c(NSCCC(C)(F)F)c(F)c3)c(=O)n(C(C)C)c2n1. The Morgan fingerprint density at radius 1 is 1.19 bits per heavy atom. The van der Waals surface area contributed by atoms with Crippen molar-refractivity contribution in [2.24, 2.45) is 0 Å². The molecule has 0 fully saturated rings. The largest absolute Gasteiger partial charge is 0.357 e. The van der Waals surface area contributed by atoms with E-state index in [1.54, 1.807) is 20.9 Å². The van der Waals surface area contributed by atoms with E-state index in [9.17, 15) is 22.4 Å². The first-order chi connectivity index (χ1) is 15.0. The fourth-order valence-electron chi connectivity index (χ4n) is 2.95. The summed E-state index contributed by atoms with van der Waals surface area (Å²) in [5, 5.41) is 2.79. The van der Waals surface area contributed by atoms with Gasteiger partial charge < -0.3 is 10.0 Å². The first-order valence-corrected chi connectivity index (χ1v) is 10.7. The Balaban J connectivity index is 2.02. The highest BCUT2D eigenvalue weighted by Crippen LogP contribution is 2.29. The number of benzene rings is 1. The van der Waals surface area contributed by atoms with Crippen LogP contribution < -0.4 is 15.6 Å². The summed E-state index contributed by atoms with van der Waals surface area (Å²) in [6.45, 7) is 4.32. The van der Waals surface area contributed by atoms with Gasteiger partial charge in [0, 0.05) is 30.8 Å². The minimum Gasteiger partial charge on any atom is -0.357 e. The number of hydrogen-bond donors (Lipinski definition) is 2. The van der Waals surface area contributed by atoms with Crippen LogP contribution in [-0.4, -0.2) is 38.2 Å². The predicted molar refractivity (Wildman–Crippen MR) is 118 cm³/mol. The van der Waals surface area contributed by atoms with Crippen molar-refractivity contribution >= 4 is 34.7 Å². The zero-order valence-corrected chi connectivity index (χ0v) is 18.7. The maximum Gasteiger partial charge on any atom is 0.278 e. The van der Waals surface area contributed by atoms with E-state index in [4.69, 9.17) is 0 Å². The molecule has 0 bridgehead atoms. The van der Waals surface area contributed by atoms with Crippen LogP contribution in [0.5, 0.6) is 0 Å². The van der Waals surface area contributed by atoms with Crippen molar-refractivity contribution < 1.29 is 17.6 Å². The lowest BCUT2D eigenvalue weighted by molar-refractivity contribution is 0.0194. The lowest BCUT2D eigenvalue weighted by Gasteiger charge is -2.16. The van der Waals surface area contributed by atoms with E-state index < -0.39 is 35.2 Å². The third-order valence-corrected chi connectivity index (χ3v) is 5.26. The van der Waals surface area contributed by atoms with Gasteiger partial charge in [0.25, 0.3) is 5.56 Å². The summed E-state index contributed by atoms with van der Waals surface area (Å²) in [7, 11) is 1.63. The molecule has 0 spiro atoms. The second-order valence-corrected chi connectivity index (χ2v) is 8.37. The summed E-state index contributed by atoms with van der Waals surface area (Å²) >= 11 is 0.764. The van der Waals surface area contributed by atoms with Crippen LogP contribution in [0.3, 0.4) is 0 Å². The minimum absolute atomic E-state index is 0.0515. The number of nitrogens with zero attached hydrogens (tertiary/aromatic N) is 4. The molecule has 0 amide bonds. The number of halogens is 4. The van der Waals surface area contributed by atoms with Crippen molar-refractivity contribution in [3.63, 3.8) is 0 Å². The molecule has 172 valence electrons. The van der Waals surface area contributed by atoms with Crippen molar-refractivity contribution in [2.45, 2.75) is 39.2 Å². The van der Waals surface area contributed by atoms with Crippen molar-refractivity contribution in [2.75, 3.05) is 22.8 Å². The normalized spacial score (nSPS) is 11.9. The molecule has 0 saturated carbocycles. The van der Waals surface area contributed by atoms with E-state index in [0.29, 0.717) is 5.95 Å². The zero-order valence-electron chi connectivity index (χ0n) is 17.8. The molecule has 0 saturated heterocycles. The van der Waals surface area contributed by atoms with Crippen LogP contribution >= 0.6 is 11.9 Å². The molecular weight excluding hydrogens is 448 g/mol. The van der Waals surface area contributed by atoms with Gasteiger partial charge in [0.2, 0.25) is 11.9 Å². The molecule has 0 unspecified atom stereocenters. The molecule has 2 heterocycles. The quantitative estimate of drug-likeness (QED) is 0.276. The Morgan fingerprint density at radius 3 is 2.41 bits per heavy atom. The summed E-state index contributed by atoms with van der Waals surface area (Å²) in [6, 6.07) is 1.64. The highest BCUT2D eigenvalue weighted by molar-refractivity contribution is 8.00. The molecule has 1 aromatic carbocycles. The van der Waals surface area contributed by atoms with Crippen molar-refractivity contribution in [3.8, 4) is 11.3 Å². The zero-order chi connectivity index (χ0) is 23.6. The van der Waals surface area contributed by atoms with Crippen LogP contribution in [0, 0.1) is 11.6 Å². The molecule has 2 N–H and O–H groups in total. The van der Waals surface area contributed by atoms with Crippen LogP contribution in [-0.2, 0) is 0 Å². The summed E-state index contributed by atoms with van der Waals surface area (Å²) in [6.07, 6.45) is 0.970. The molecule has 3 rings (SSSR count). The van der Waals surface area contributed by atoms with E-state index in [2.05, 4.69) is 25.0 Å². The number of nitrogens with one attached hydrogen (secondary N) is 2. The first-order valence-electron chi connectivity index (χ1n) is 9.74. The smallest absolute Gasteiger partial charge is 0.278 e. The monoisotopic (exact) mass is 470 g/mol. The van der Waals surface area contributed by atoms with Crippen molar-refractivity contribution in [1.82, 2.24) is 19.5 Å². The number of hydrogen-bond acceptors (Lipinski definition) is 7. The van der Waals surface area contributed by atoms with Crippen LogP contribution in [0.4, 0.5) is 29.2 Å². The number of alkyl halides is 2.